The molecule has 0 saturated carbocycles. The summed E-state index contributed by atoms with van der Waals surface area (Å²) in [5, 5.41) is 5.26. The summed E-state index contributed by atoms with van der Waals surface area (Å²) in [5.41, 5.74) is 1.05. The van der Waals surface area contributed by atoms with Gasteiger partial charge in [-0.05, 0) is 19.8 Å². The molecule has 0 bridgehead atoms. The summed E-state index contributed by atoms with van der Waals surface area (Å²) in [4.78, 5) is 33.3. The van der Waals surface area contributed by atoms with Gasteiger partial charge in [-0.25, -0.2) is 4.98 Å². The van der Waals surface area contributed by atoms with Crippen LogP contribution < -0.4 is 5.56 Å². The zero-order valence-corrected chi connectivity index (χ0v) is 12.0. The van der Waals surface area contributed by atoms with Crippen LogP contribution in [-0.2, 0) is 11.2 Å². The van der Waals surface area contributed by atoms with Gasteiger partial charge in [0.25, 0.3) is 5.56 Å². The number of hydrogen-bond acceptors (Lipinski definition) is 3. The van der Waals surface area contributed by atoms with Crippen LogP contribution in [0.5, 0.6) is 0 Å². The van der Waals surface area contributed by atoms with E-state index in [1.54, 1.807) is 19.3 Å². The number of aromatic nitrogens is 4. The maximum Gasteiger partial charge on any atom is 0.267 e. The lowest BCUT2D eigenvalue weighted by atomic mass is 9.97. The number of imidazole rings is 1. The van der Waals surface area contributed by atoms with E-state index in [9.17, 15) is 9.59 Å². The standard InChI is InChI=1S/C14H19N5O2/c1-9-11(14(21)18-17-9)7-12(20)19-6-2-3-10(8-19)13-15-4-5-16-13/h4-5,10H,2-3,6-8H2,1H3,(H,15,16)(H2,17,18,21)/t10-/m1/s1. The summed E-state index contributed by atoms with van der Waals surface area (Å²) in [6, 6.07) is 0. The smallest absolute Gasteiger partial charge is 0.267 e. The molecule has 3 heterocycles. The van der Waals surface area contributed by atoms with Crippen LogP contribution in [0.4, 0.5) is 0 Å². The maximum absolute atomic E-state index is 12.4. The van der Waals surface area contributed by atoms with Gasteiger partial charge < -0.3 is 15.0 Å². The van der Waals surface area contributed by atoms with Gasteiger partial charge in [-0.3, -0.25) is 14.7 Å². The molecule has 1 fully saturated rings. The Morgan fingerprint density at radius 1 is 1.48 bits per heavy atom. The van der Waals surface area contributed by atoms with Crippen LogP contribution in [0.1, 0.15) is 35.8 Å². The summed E-state index contributed by atoms with van der Waals surface area (Å²) in [6.45, 7) is 3.20. The van der Waals surface area contributed by atoms with Crippen LogP contribution in [-0.4, -0.2) is 44.1 Å². The Hall–Kier alpha value is -2.31. The van der Waals surface area contributed by atoms with Gasteiger partial charge in [-0.1, -0.05) is 0 Å². The average Bonchev–Trinajstić information content (AvgIpc) is 3.13. The number of H-pyrrole nitrogens is 3. The SMILES string of the molecule is Cc1[nH][nH]c(=O)c1CC(=O)N1CCC[C@@H](c2ncc[nH]2)C1. The van der Waals surface area contributed by atoms with Crippen molar-refractivity contribution in [3.8, 4) is 0 Å². The Morgan fingerprint density at radius 2 is 2.33 bits per heavy atom. The molecule has 1 aliphatic rings. The molecule has 1 saturated heterocycles. The van der Waals surface area contributed by atoms with Crippen molar-refractivity contribution >= 4 is 5.91 Å². The largest absolute Gasteiger partial charge is 0.348 e. The van der Waals surface area contributed by atoms with E-state index in [0.717, 1.165) is 30.9 Å². The Balaban J connectivity index is 1.69. The molecule has 3 rings (SSSR count). The average molecular weight is 289 g/mol. The number of likely N-dealkylation sites (tertiary alicyclic amines) is 1. The van der Waals surface area contributed by atoms with E-state index in [1.165, 1.54) is 0 Å². The summed E-state index contributed by atoms with van der Waals surface area (Å²) in [5.74, 6) is 1.19. The molecule has 3 N–H and O–H groups in total. The molecule has 0 aromatic carbocycles. The van der Waals surface area contributed by atoms with E-state index in [-0.39, 0.29) is 23.8 Å². The van der Waals surface area contributed by atoms with Gasteiger partial charge in [0.2, 0.25) is 5.91 Å². The van der Waals surface area contributed by atoms with Crippen molar-refractivity contribution in [2.45, 2.75) is 32.1 Å². The maximum atomic E-state index is 12.4. The third-order valence-electron chi connectivity index (χ3n) is 4.10. The Bertz CT molecular complexity index is 670. The highest BCUT2D eigenvalue weighted by Crippen LogP contribution is 2.24. The van der Waals surface area contributed by atoms with Gasteiger partial charge in [-0.2, -0.15) is 0 Å². The molecule has 0 radical (unpaired) electrons. The predicted molar refractivity (Wildman–Crippen MR) is 77.0 cm³/mol. The molecule has 1 atom stereocenters. The lowest BCUT2D eigenvalue weighted by Crippen LogP contribution is -2.40. The first kappa shape index (κ1) is 13.7. The second-order valence-electron chi connectivity index (χ2n) is 5.51. The number of carbonyl (C=O) groups excluding carboxylic acids is 1. The Labute approximate surface area is 121 Å². The van der Waals surface area contributed by atoms with Crippen molar-refractivity contribution in [1.82, 2.24) is 25.1 Å². The van der Waals surface area contributed by atoms with Gasteiger partial charge in [-0.15, -0.1) is 0 Å². The summed E-state index contributed by atoms with van der Waals surface area (Å²) < 4.78 is 0. The van der Waals surface area contributed by atoms with Gasteiger partial charge >= 0.3 is 0 Å². The fraction of sp³-hybridized carbons (Fsp3) is 0.500. The fourth-order valence-corrected chi connectivity index (χ4v) is 2.88. The van der Waals surface area contributed by atoms with Gasteiger partial charge in [0.05, 0.1) is 6.42 Å². The van der Waals surface area contributed by atoms with Crippen molar-refractivity contribution in [3.63, 3.8) is 0 Å². The summed E-state index contributed by atoms with van der Waals surface area (Å²) in [7, 11) is 0. The number of piperidine rings is 1. The lowest BCUT2D eigenvalue weighted by Gasteiger charge is -2.31. The van der Waals surface area contributed by atoms with E-state index >= 15 is 0 Å². The molecule has 1 amide bonds. The van der Waals surface area contributed by atoms with Crippen LogP contribution in [0.15, 0.2) is 17.2 Å². The van der Waals surface area contributed by atoms with Gasteiger partial charge in [0.1, 0.15) is 5.82 Å². The number of hydrogen-bond donors (Lipinski definition) is 3. The quantitative estimate of drug-likeness (QED) is 0.775. The van der Waals surface area contributed by atoms with E-state index in [4.69, 9.17) is 0 Å². The molecular weight excluding hydrogens is 270 g/mol. The van der Waals surface area contributed by atoms with Crippen LogP contribution in [0.25, 0.3) is 0 Å². The monoisotopic (exact) mass is 289 g/mol. The van der Waals surface area contributed by atoms with E-state index in [1.807, 2.05) is 4.90 Å². The van der Waals surface area contributed by atoms with Crippen LogP contribution in [0.2, 0.25) is 0 Å². The highest BCUT2D eigenvalue weighted by molar-refractivity contribution is 5.79. The topological polar surface area (TPSA) is 97.6 Å². The zero-order chi connectivity index (χ0) is 14.8. The first-order valence-electron chi connectivity index (χ1n) is 7.18. The first-order chi connectivity index (χ1) is 10.1. The lowest BCUT2D eigenvalue weighted by molar-refractivity contribution is -0.131. The number of aromatic amines is 3. The number of rotatable bonds is 3. The summed E-state index contributed by atoms with van der Waals surface area (Å²) >= 11 is 0. The molecule has 2 aromatic heterocycles. The normalized spacial score (nSPS) is 18.9. The number of carbonyl (C=O) groups is 1. The van der Waals surface area contributed by atoms with Crippen LogP contribution in [0.3, 0.4) is 0 Å². The molecule has 0 unspecified atom stereocenters. The van der Waals surface area contributed by atoms with Crippen molar-refractivity contribution in [2.24, 2.45) is 0 Å². The minimum Gasteiger partial charge on any atom is -0.348 e. The van der Waals surface area contributed by atoms with Gasteiger partial charge in [0, 0.05) is 42.7 Å². The van der Waals surface area contributed by atoms with E-state index < -0.39 is 0 Å². The number of aryl methyl sites for hydroxylation is 1. The molecule has 7 nitrogen and oxygen atoms in total. The zero-order valence-electron chi connectivity index (χ0n) is 12.0. The van der Waals surface area contributed by atoms with E-state index in [0.29, 0.717) is 12.1 Å². The van der Waals surface area contributed by atoms with Crippen LogP contribution in [0, 0.1) is 6.92 Å². The van der Waals surface area contributed by atoms with Gasteiger partial charge in [0.15, 0.2) is 0 Å². The molecule has 112 valence electrons. The highest BCUT2D eigenvalue weighted by atomic mass is 16.2. The highest BCUT2D eigenvalue weighted by Gasteiger charge is 2.26. The molecular formula is C14H19N5O2. The second kappa shape index (κ2) is 5.59. The predicted octanol–water partition coefficient (Wildman–Crippen LogP) is 0.683. The van der Waals surface area contributed by atoms with Crippen LogP contribution >= 0.6 is 0 Å². The number of amides is 1. The third kappa shape index (κ3) is 2.76. The molecule has 21 heavy (non-hydrogen) atoms. The first-order valence-corrected chi connectivity index (χ1v) is 7.18. The number of nitrogens with one attached hydrogen (secondary N) is 3. The minimum absolute atomic E-state index is 0.000504. The van der Waals surface area contributed by atoms with Crippen molar-refractivity contribution < 1.29 is 4.79 Å². The van der Waals surface area contributed by atoms with Crippen molar-refractivity contribution in [2.75, 3.05) is 13.1 Å². The molecule has 1 aliphatic heterocycles. The minimum atomic E-state index is -0.208. The summed E-state index contributed by atoms with van der Waals surface area (Å²) in [6.07, 6.45) is 5.67. The van der Waals surface area contributed by atoms with E-state index in [2.05, 4.69) is 20.2 Å². The fourth-order valence-electron chi connectivity index (χ4n) is 2.88. The van der Waals surface area contributed by atoms with Crippen molar-refractivity contribution in [3.05, 3.63) is 39.8 Å². The second-order valence-corrected chi connectivity index (χ2v) is 5.51. The number of nitrogens with zero attached hydrogens (tertiary/aromatic N) is 2. The third-order valence-corrected chi connectivity index (χ3v) is 4.10. The Morgan fingerprint density at radius 3 is 3.00 bits per heavy atom. The molecule has 0 spiro atoms. The molecule has 0 aliphatic carbocycles. The molecule has 7 heteroatoms. The molecule has 2 aromatic rings. The van der Waals surface area contributed by atoms with Crippen molar-refractivity contribution in [1.29, 1.82) is 0 Å². The Kier molecular flexibility index (Phi) is 3.64.